The Kier molecular flexibility index (Phi) is 8.98. The van der Waals surface area contributed by atoms with Crippen LogP contribution >= 0.6 is 0 Å². The third-order valence-corrected chi connectivity index (χ3v) is 3.92. The summed E-state index contributed by atoms with van der Waals surface area (Å²) in [5, 5.41) is 69.9. The second kappa shape index (κ2) is 10.5. The minimum absolute atomic E-state index is 0.416. The molecular formula is C14H24N2O11. The Labute approximate surface area is 153 Å². The van der Waals surface area contributed by atoms with Crippen LogP contribution in [0.25, 0.3) is 0 Å². The van der Waals surface area contributed by atoms with Gasteiger partial charge in [0.05, 0.1) is 19.1 Å². The zero-order valence-electron chi connectivity index (χ0n) is 14.1. The van der Waals surface area contributed by atoms with Crippen LogP contribution in [0.1, 0.15) is 12.8 Å². The van der Waals surface area contributed by atoms with Crippen LogP contribution in [0.3, 0.4) is 0 Å². The lowest BCUT2D eigenvalue weighted by Gasteiger charge is -2.38. The number of carboxylic acid groups (broad SMARTS) is 1. The number of hydrogen-bond donors (Lipinski definition) is 9. The second-order valence-electron chi connectivity index (χ2n) is 5.98. The largest absolute Gasteiger partial charge is 0.481 e. The monoisotopic (exact) mass is 396 g/mol. The van der Waals surface area contributed by atoms with Gasteiger partial charge in [-0.15, -0.1) is 0 Å². The molecule has 9 N–H and O–H groups in total. The van der Waals surface area contributed by atoms with Gasteiger partial charge in [-0.2, -0.15) is 0 Å². The zero-order valence-corrected chi connectivity index (χ0v) is 14.1. The number of aliphatic carboxylic acids is 1. The van der Waals surface area contributed by atoms with E-state index in [1.54, 1.807) is 0 Å². The number of amides is 2. The van der Waals surface area contributed by atoms with Crippen molar-refractivity contribution in [2.75, 3.05) is 13.2 Å². The van der Waals surface area contributed by atoms with Gasteiger partial charge in [-0.25, -0.2) is 0 Å². The van der Waals surface area contributed by atoms with Gasteiger partial charge in [0.15, 0.2) is 12.4 Å². The molecule has 1 aliphatic rings. The van der Waals surface area contributed by atoms with Crippen LogP contribution < -0.4 is 10.6 Å². The van der Waals surface area contributed by atoms with E-state index in [0.29, 0.717) is 0 Å². The van der Waals surface area contributed by atoms with Gasteiger partial charge in [0, 0.05) is 13.0 Å². The molecule has 0 aromatic carbocycles. The molecule has 1 saturated heterocycles. The van der Waals surface area contributed by atoms with Gasteiger partial charge in [-0.1, -0.05) is 0 Å². The first kappa shape index (κ1) is 23.2. The van der Waals surface area contributed by atoms with Crippen molar-refractivity contribution in [1.82, 2.24) is 10.6 Å². The minimum atomic E-state index is -1.91. The van der Waals surface area contributed by atoms with Crippen molar-refractivity contribution in [2.24, 2.45) is 0 Å². The Morgan fingerprint density at radius 2 is 1.63 bits per heavy atom. The summed E-state index contributed by atoms with van der Waals surface area (Å²) in [6, 6.07) is -1.42. The highest BCUT2D eigenvalue weighted by Gasteiger charge is 2.43. The summed E-state index contributed by atoms with van der Waals surface area (Å²) in [4.78, 5) is 33.9. The highest BCUT2D eigenvalue weighted by atomic mass is 16.6. The lowest BCUT2D eigenvalue weighted by molar-refractivity contribution is -0.280. The topological polar surface area (TPSA) is 226 Å². The highest BCUT2D eigenvalue weighted by Crippen LogP contribution is 2.19. The first-order chi connectivity index (χ1) is 12.6. The molecule has 1 heterocycles. The van der Waals surface area contributed by atoms with Crippen LogP contribution in [0.15, 0.2) is 0 Å². The molecule has 1 unspecified atom stereocenters. The maximum Gasteiger partial charge on any atom is 0.303 e. The molecule has 0 aromatic rings. The lowest BCUT2D eigenvalue weighted by atomic mass is 9.99. The fraction of sp³-hybridized carbons (Fsp3) is 0.786. The molecule has 1 rings (SSSR count). The van der Waals surface area contributed by atoms with Crippen molar-refractivity contribution in [1.29, 1.82) is 0 Å². The number of carbonyl (C=O) groups is 3. The molecule has 2 amide bonds. The van der Waals surface area contributed by atoms with Crippen molar-refractivity contribution in [3.63, 3.8) is 0 Å². The number of rotatable bonds is 9. The molecule has 0 radical (unpaired) electrons. The van der Waals surface area contributed by atoms with Gasteiger partial charge in [-0.05, 0) is 0 Å². The Morgan fingerprint density at radius 3 is 2.19 bits per heavy atom. The molecular weight excluding hydrogens is 372 g/mol. The fourth-order valence-corrected chi connectivity index (χ4v) is 2.31. The number of aliphatic hydroxyl groups is 6. The average molecular weight is 396 g/mol. The van der Waals surface area contributed by atoms with Crippen LogP contribution in [0.4, 0.5) is 0 Å². The predicted octanol–water partition coefficient (Wildman–Crippen LogP) is -5.39. The number of nitrogens with one attached hydrogen (secondary N) is 2. The number of hydrogen-bond acceptors (Lipinski definition) is 10. The van der Waals surface area contributed by atoms with Gasteiger partial charge in [-0.3, -0.25) is 14.4 Å². The van der Waals surface area contributed by atoms with Crippen LogP contribution in [0.2, 0.25) is 0 Å². The third-order valence-electron chi connectivity index (χ3n) is 3.92. The minimum Gasteiger partial charge on any atom is -0.481 e. The fourth-order valence-electron chi connectivity index (χ4n) is 2.31. The molecule has 1 aliphatic heterocycles. The maximum atomic E-state index is 11.9. The SMILES string of the molecule is O=C(O)CCC(=O)N[C@@H](CO)[C@H](O)C(=O)NC[C@@H]1OC(O)[C@@H](O)[C@H](O)[C@@H]1O. The van der Waals surface area contributed by atoms with Gasteiger partial charge < -0.3 is 51.1 Å². The van der Waals surface area contributed by atoms with Crippen molar-refractivity contribution in [3.05, 3.63) is 0 Å². The zero-order chi connectivity index (χ0) is 20.7. The van der Waals surface area contributed by atoms with E-state index in [1.807, 2.05) is 0 Å². The quantitative estimate of drug-likeness (QED) is 0.179. The van der Waals surface area contributed by atoms with E-state index >= 15 is 0 Å². The summed E-state index contributed by atoms with van der Waals surface area (Å²) in [5.41, 5.74) is 0. The van der Waals surface area contributed by atoms with Crippen LogP contribution in [0, 0.1) is 0 Å². The summed E-state index contributed by atoms with van der Waals surface area (Å²) >= 11 is 0. The Morgan fingerprint density at radius 1 is 1.00 bits per heavy atom. The van der Waals surface area contributed by atoms with Crippen molar-refractivity contribution < 1.29 is 54.9 Å². The molecule has 0 bridgehead atoms. The molecule has 7 atom stereocenters. The summed E-state index contributed by atoms with van der Waals surface area (Å²) in [6.45, 7) is -1.29. The Balaban J connectivity index is 2.54. The molecule has 0 aliphatic carbocycles. The van der Waals surface area contributed by atoms with Crippen molar-refractivity contribution >= 4 is 17.8 Å². The second-order valence-corrected chi connectivity index (χ2v) is 5.98. The summed E-state index contributed by atoms with van der Waals surface area (Å²) in [6.07, 6.45) is -11.0. The molecule has 0 saturated carbocycles. The molecule has 156 valence electrons. The molecule has 0 spiro atoms. The number of carboxylic acids is 1. The molecule has 13 heteroatoms. The van der Waals surface area contributed by atoms with Crippen LogP contribution in [0.5, 0.6) is 0 Å². The molecule has 27 heavy (non-hydrogen) atoms. The maximum absolute atomic E-state index is 11.9. The lowest BCUT2D eigenvalue weighted by Crippen LogP contribution is -2.61. The normalized spacial score (nSPS) is 30.2. The first-order valence-electron chi connectivity index (χ1n) is 8.04. The van der Waals surface area contributed by atoms with Gasteiger partial charge in [0.1, 0.15) is 24.4 Å². The van der Waals surface area contributed by atoms with E-state index in [2.05, 4.69) is 10.6 Å². The number of aliphatic hydroxyl groups excluding tert-OH is 6. The van der Waals surface area contributed by atoms with E-state index in [0.717, 1.165) is 0 Å². The Bertz CT molecular complexity index is 531. The van der Waals surface area contributed by atoms with Gasteiger partial charge in [0.2, 0.25) is 5.91 Å². The van der Waals surface area contributed by atoms with Crippen molar-refractivity contribution in [2.45, 2.75) is 55.7 Å². The van der Waals surface area contributed by atoms with Crippen molar-refractivity contribution in [3.8, 4) is 0 Å². The third kappa shape index (κ3) is 6.66. The smallest absolute Gasteiger partial charge is 0.303 e. The Hall–Kier alpha value is -1.87. The molecule has 13 nitrogen and oxygen atoms in total. The molecule has 1 fully saturated rings. The van der Waals surface area contributed by atoms with E-state index in [4.69, 9.17) is 9.84 Å². The van der Waals surface area contributed by atoms with Crippen LogP contribution in [-0.4, -0.2) is 110 Å². The number of carbonyl (C=O) groups excluding carboxylic acids is 2. The summed E-state index contributed by atoms with van der Waals surface area (Å²) < 4.78 is 4.84. The van der Waals surface area contributed by atoms with Crippen LogP contribution in [-0.2, 0) is 19.1 Å². The number of ether oxygens (including phenoxy) is 1. The van der Waals surface area contributed by atoms with E-state index < -0.39 is 86.6 Å². The standard InChI is InChI=1S/C14H24N2O11/c17-4-5(16-7(18)1-2-8(19)20)9(21)13(25)15-3-6-10(22)11(23)12(24)14(26)27-6/h5-6,9-12,14,17,21-24,26H,1-4H2,(H,15,25)(H,16,18)(H,19,20)/t5-,6-,9-,10+,11+,12-,14?/m0/s1. The summed E-state index contributed by atoms with van der Waals surface area (Å²) in [5.74, 6) is -3.09. The van der Waals surface area contributed by atoms with E-state index in [1.165, 1.54) is 0 Å². The first-order valence-corrected chi connectivity index (χ1v) is 8.04. The van der Waals surface area contributed by atoms with Gasteiger partial charge in [0.25, 0.3) is 5.91 Å². The summed E-state index contributed by atoms with van der Waals surface area (Å²) in [7, 11) is 0. The van der Waals surface area contributed by atoms with E-state index in [9.17, 15) is 45.0 Å². The average Bonchev–Trinajstić information content (AvgIpc) is 2.63. The van der Waals surface area contributed by atoms with E-state index in [-0.39, 0.29) is 0 Å². The highest BCUT2D eigenvalue weighted by molar-refractivity contribution is 5.84. The molecule has 0 aromatic heterocycles. The van der Waals surface area contributed by atoms with Gasteiger partial charge >= 0.3 is 5.97 Å². The predicted molar refractivity (Wildman–Crippen MR) is 83.8 cm³/mol.